The van der Waals surface area contributed by atoms with Crippen LogP contribution in [-0.4, -0.2) is 56.8 Å². The molecule has 0 aliphatic heterocycles. The molecule has 10 heteroatoms. The lowest BCUT2D eigenvalue weighted by Gasteiger charge is -2.18. The van der Waals surface area contributed by atoms with E-state index in [0.717, 1.165) is 0 Å². The zero-order valence-electron chi connectivity index (χ0n) is 10.4. The third kappa shape index (κ3) is 4.66. The van der Waals surface area contributed by atoms with E-state index in [1.807, 2.05) is 5.32 Å². The van der Waals surface area contributed by atoms with Crippen LogP contribution in [0.3, 0.4) is 0 Å². The Morgan fingerprint density at radius 3 is 2.60 bits per heavy atom. The van der Waals surface area contributed by atoms with Crippen molar-refractivity contribution in [3.63, 3.8) is 0 Å². The number of aliphatic carboxylic acids is 1. The number of imidazole rings is 1. The quantitative estimate of drug-likeness (QED) is 0.288. The van der Waals surface area contributed by atoms with Gasteiger partial charge in [-0.15, -0.1) is 0 Å². The molecule has 0 fully saturated rings. The fourth-order valence-corrected chi connectivity index (χ4v) is 1.37. The van der Waals surface area contributed by atoms with Gasteiger partial charge in [-0.3, -0.25) is 9.59 Å². The third-order valence-corrected chi connectivity index (χ3v) is 2.32. The van der Waals surface area contributed by atoms with Crippen molar-refractivity contribution in [3.05, 3.63) is 18.2 Å². The highest BCUT2D eigenvalue weighted by Gasteiger charge is 2.25. The molecule has 10 nitrogen and oxygen atoms in total. The average Bonchev–Trinajstić information content (AvgIpc) is 2.90. The Morgan fingerprint density at radius 2 is 2.10 bits per heavy atom. The molecule has 1 rings (SSSR count). The Kier molecular flexibility index (Phi) is 5.62. The molecule has 110 valence electrons. The zero-order chi connectivity index (χ0) is 15.1. The van der Waals surface area contributed by atoms with Crippen LogP contribution >= 0.6 is 0 Å². The van der Waals surface area contributed by atoms with Crippen LogP contribution in [0.15, 0.2) is 12.5 Å². The number of carbonyl (C=O) groups excluding carboxylic acids is 2. The molecule has 0 saturated carbocycles. The minimum Gasteiger partial charge on any atom is -0.478 e. The molecule has 0 aromatic carbocycles. The number of aromatic nitrogens is 2. The molecule has 0 radical (unpaired) electrons. The van der Waals surface area contributed by atoms with Crippen molar-refractivity contribution >= 4 is 17.8 Å². The molecule has 1 heterocycles. The van der Waals surface area contributed by atoms with E-state index >= 15 is 0 Å². The van der Waals surface area contributed by atoms with Crippen LogP contribution in [0.1, 0.15) is 5.69 Å². The first-order valence-corrected chi connectivity index (χ1v) is 5.62. The summed E-state index contributed by atoms with van der Waals surface area (Å²) in [5.74, 6) is -3.06. The maximum Gasteiger partial charge on any atom is 0.353 e. The van der Waals surface area contributed by atoms with E-state index in [1.54, 1.807) is 0 Å². The van der Waals surface area contributed by atoms with Gasteiger partial charge < -0.3 is 31.6 Å². The Labute approximate surface area is 113 Å². The van der Waals surface area contributed by atoms with E-state index in [1.165, 1.54) is 12.5 Å². The lowest BCUT2D eigenvalue weighted by atomic mass is 10.1. The summed E-state index contributed by atoms with van der Waals surface area (Å²) in [6.45, 7) is -0.328. The summed E-state index contributed by atoms with van der Waals surface area (Å²) in [6.07, 6.45) is 0.871. The largest absolute Gasteiger partial charge is 0.478 e. The first-order chi connectivity index (χ1) is 9.43. The van der Waals surface area contributed by atoms with Gasteiger partial charge in [0.25, 0.3) is 0 Å². The fourth-order valence-electron chi connectivity index (χ4n) is 1.37. The van der Waals surface area contributed by atoms with E-state index in [2.05, 4.69) is 15.3 Å². The van der Waals surface area contributed by atoms with Gasteiger partial charge in [0.05, 0.1) is 18.6 Å². The minimum atomic E-state index is -2.06. The molecule has 0 saturated heterocycles. The molecule has 1 unspecified atom stereocenters. The number of aromatic amines is 1. The molecule has 0 bridgehead atoms. The van der Waals surface area contributed by atoms with Crippen molar-refractivity contribution < 1.29 is 24.6 Å². The topological polar surface area (TPSA) is 170 Å². The van der Waals surface area contributed by atoms with Gasteiger partial charge >= 0.3 is 5.97 Å². The van der Waals surface area contributed by atoms with Crippen molar-refractivity contribution in [2.45, 2.75) is 18.7 Å². The summed E-state index contributed by atoms with van der Waals surface area (Å²) in [5, 5.41) is 21.7. The highest BCUT2D eigenvalue weighted by atomic mass is 16.4. The molecule has 2 amide bonds. The highest BCUT2D eigenvalue weighted by molar-refractivity contribution is 5.90. The molecule has 1 aromatic heterocycles. The molecular weight excluding hydrogens is 270 g/mol. The highest BCUT2D eigenvalue weighted by Crippen LogP contribution is 1.99. The maximum absolute atomic E-state index is 11.8. The standard InChI is InChI=1S/C10H15N5O5/c11-2-7(16)14-6(1-5-3-12-4-13-5)8(17)15-9(18)10(19)20/h3-4,6,9,18H,1-2,11H2,(H,12,13)(H,14,16)(H,15,17)(H,19,20)/t6-,9?/m0/s1. The molecule has 2 atom stereocenters. The van der Waals surface area contributed by atoms with E-state index < -0.39 is 30.1 Å². The Hall–Kier alpha value is -2.46. The smallest absolute Gasteiger partial charge is 0.353 e. The van der Waals surface area contributed by atoms with Gasteiger partial charge in [0.2, 0.25) is 18.0 Å². The Bertz CT molecular complexity index is 474. The van der Waals surface area contributed by atoms with Crippen LogP contribution in [0.25, 0.3) is 0 Å². The number of aliphatic hydroxyl groups excluding tert-OH is 1. The number of amides is 2. The number of carboxylic acids is 1. The number of aliphatic hydroxyl groups is 1. The lowest BCUT2D eigenvalue weighted by Crippen LogP contribution is -2.53. The van der Waals surface area contributed by atoms with Gasteiger partial charge in [-0.1, -0.05) is 0 Å². The SMILES string of the molecule is NCC(=O)N[C@@H](Cc1c[nH]cn1)C(=O)NC(O)C(=O)O. The predicted octanol–water partition coefficient (Wildman–Crippen LogP) is -3.09. The maximum atomic E-state index is 11.8. The number of carbonyl (C=O) groups is 3. The van der Waals surface area contributed by atoms with Gasteiger partial charge in [-0.2, -0.15) is 0 Å². The molecule has 20 heavy (non-hydrogen) atoms. The summed E-state index contributed by atoms with van der Waals surface area (Å²) < 4.78 is 0. The molecule has 0 aliphatic carbocycles. The van der Waals surface area contributed by atoms with Crippen molar-refractivity contribution in [3.8, 4) is 0 Å². The van der Waals surface area contributed by atoms with Crippen LogP contribution in [0.5, 0.6) is 0 Å². The number of H-pyrrole nitrogens is 1. The van der Waals surface area contributed by atoms with Crippen molar-refractivity contribution in [1.29, 1.82) is 0 Å². The van der Waals surface area contributed by atoms with Crippen LogP contribution in [-0.2, 0) is 20.8 Å². The number of hydrogen-bond acceptors (Lipinski definition) is 6. The summed E-state index contributed by atoms with van der Waals surface area (Å²) in [4.78, 5) is 40.1. The van der Waals surface area contributed by atoms with E-state index in [-0.39, 0.29) is 13.0 Å². The van der Waals surface area contributed by atoms with Crippen LogP contribution in [0.2, 0.25) is 0 Å². The molecule has 7 N–H and O–H groups in total. The first kappa shape index (κ1) is 15.6. The summed E-state index contributed by atoms with van der Waals surface area (Å²) in [6, 6.07) is -1.09. The second-order valence-corrected chi connectivity index (χ2v) is 3.84. The fraction of sp³-hybridized carbons (Fsp3) is 0.400. The summed E-state index contributed by atoms with van der Waals surface area (Å²) >= 11 is 0. The second-order valence-electron chi connectivity index (χ2n) is 3.84. The molecular formula is C10H15N5O5. The van der Waals surface area contributed by atoms with E-state index in [9.17, 15) is 14.4 Å². The Balaban J connectivity index is 2.72. The number of carboxylic acid groups (broad SMARTS) is 1. The third-order valence-electron chi connectivity index (χ3n) is 2.32. The monoisotopic (exact) mass is 285 g/mol. The van der Waals surface area contributed by atoms with E-state index in [0.29, 0.717) is 5.69 Å². The zero-order valence-corrected chi connectivity index (χ0v) is 10.4. The summed E-state index contributed by atoms with van der Waals surface area (Å²) in [5.41, 5.74) is 5.61. The number of rotatable bonds is 7. The number of nitrogens with two attached hydrogens (primary N) is 1. The number of hydrogen-bond donors (Lipinski definition) is 6. The van der Waals surface area contributed by atoms with Gasteiger partial charge in [-0.05, 0) is 0 Å². The number of nitrogens with zero attached hydrogens (tertiary/aromatic N) is 1. The predicted molar refractivity (Wildman–Crippen MR) is 65.1 cm³/mol. The molecule has 1 aromatic rings. The van der Waals surface area contributed by atoms with E-state index in [4.69, 9.17) is 15.9 Å². The normalized spacial score (nSPS) is 13.3. The summed E-state index contributed by atoms with van der Waals surface area (Å²) in [7, 11) is 0. The van der Waals surface area contributed by atoms with Crippen LogP contribution in [0.4, 0.5) is 0 Å². The Morgan fingerprint density at radius 1 is 1.40 bits per heavy atom. The molecule has 0 spiro atoms. The van der Waals surface area contributed by atoms with Gasteiger partial charge in [-0.25, -0.2) is 9.78 Å². The van der Waals surface area contributed by atoms with Gasteiger partial charge in [0.1, 0.15) is 6.04 Å². The van der Waals surface area contributed by atoms with Crippen LogP contribution < -0.4 is 16.4 Å². The minimum absolute atomic E-state index is 0.0212. The van der Waals surface area contributed by atoms with Crippen molar-refractivity contribution in [2.24, 2.45) is 5.73 Å². The van der Waals surface area contributed by atoms with Crippen LogP contribution in [0, 0.1) is 0 Å². The second kappa shape index (κ2) is 7.21. The average molecular weight is 285 g/mol. The lowest BCUT2D eigenvalue weighted by molar-refractivity contribution is -0.151. The molecule has 0 aliphatic rings. The van der Waals surface area contributed by atoms with Gasteiger partial charge in [0, 0.05) is 12.6 Å². The van der Waals surface area contributed by atoms with Crippen molar-refractivity contribution in [2.75, 3.05) is 6.54 Å². The first-order valence-electron chi connectivity index (χ1n) is 5.62. The van der Waals surface area contributed by atoms with Crippen molar-refractivity contribution in [1.82, 2.24) is 20.6 Å². The van der Waals surface area contributed by atoms with Gasteiger partial charge in [0.15, 0.2) is 0 Å². The number of nitrogens with one attached hydrogen (secondary N) is 3.